The Hall–Kier alpha value is -3.35. The van der Waals surface area contributed by atoms with Crippen molar-refractivity contribution in [2.45, 2.75) is 31.7 Å². The number of rotatable bonds is 7. The second kappa shape index (κ2) is 9.64. The van der Waals surface area contributed by atoms with Gasteiger partial charge in [-0.15, -0.1) is 5.10 Å². The van der Waals surface area contributed by atoms with Gasteiger partial charge in [-0.05, 0) is 49.1 Å². The van der Waals surface area contributed by atoms with Crippen LogP contribution < -0.4 is 15.1 Å². The number of piperidine rings is 1. The quantitative estimate of drug-likeness (QED) is 0.627. The summed E-state index contributed by atoms with van der Waals surface area (Å²) in [6, 6.07) is 17.7. The minimum absolute atomic E-state index is 0.163. The summed E-state index contributed by atoms with van der Waals surface area (Å²) < 4.78 is 6.03. The Bertz CT molecular complexity index is 979. The zero-order valence-electron chi connectivity index (χ0n) is 18.1. The molecule has 1 amide bonds. The number of nitrogens with one attached hydrogen (secondary N) is 1. The monoisotopic (exact) mass is 419 g/mol. The highest BCUT2D eigenvalue weighted by Crippen LogP contribution is 2.24. The first kappa shape index (κ1) is 20.9. The molecule has 1 aromatic heterocycles. The molecule has 162 valence electrons. The molecule has 3 aromatic rings. The van der Waals surface area contributed by atoms with Gasteiger partial charge < -0.3 is 19.5 Å². The molecule has 4 rings (SSSR count). The number of hydrogen-bond donors (Lipinski definition) is 1. The van der Waals surface area contributed by atoms with Crippen LogP contribution in [0.15, 0.2) is 59.0 Å². The van der Waals surface area contributed by atoms with Crippen molar-refractivity contribution in [2.24, 2.45) is 0 Å². The number of carbonyl (C=O) groups excluding carboxylic acids is 1. The summed E-state index contributed by atoms with van der Waals surface area (Å²) in [6.45, 7) is 1.85. The summed E-state index contributed by atoms with van der Waals surface area (Å²) in [6.07, 6.45) is 4.07. The molecule has 1 atom stereocenters. The minimum atomic E-state index is -0.408. The highest BCUT2D eigenvalue weighted by Gasteiger charge is 2.24. The molecule has 0 spiro atoms. The fraction of sp³-hybridized carbons (Fsp3) is 0.375. The number of anilines is 2. The summed E-state index contributed by atoms with van der Waals surface area (Å²) in [4.78, 5) is 17.1. The second-order valence-electron chi connectivity index (χ2n) is 8.13. The molecular weight excluding hydrogens is 390 g/mol. The lowest BCUT2D eigenvalue weighted by molar-refractivity contribution is 0.0930. The summed E-state index contributed by atoms with van der Waals surface area (Å²) in [5, 5.41) is 11.7. The van der Waals surface area contributed by atoms with Crippen molar-refractivity contribution in [3.63, 3.8) is 0 Å². The van der Waals surface area contributed by atoms with Crippen molar-refractivity contribution in [1.29, 1.82) is 0 Å². The van der Waals surface area contributed by atoms with Crippen molar-refractivity contribution in [1.82, 2.24) is 15.5 Å². The van der Waals surface area contributed by atoms with Crippen LogP contribution in [0.4, 0.5) is 11.7 Å². The first-order valence-corrected chi connectivity index (χ1v) is 10.8. The molecule has 1 fully saturated rings. The van der Waals surface area contributed by atoms with Gasteiger partial charge in [0.2, 0.25) is 5.89 Å². The van der Waals surface area contributed by atoms with E-state index in [9.17, 15) is 4.79 Å². The molecule has 0 saturated carbocycles. The van der Waals surface area contributed by atoms with Crippen LogP contribution in [-0.4, -0.2) is 43.3 Å². The first-order valence-electron chi connectivity index (χ1n) is 10.8. The van der Waals surface area contributed by atoms with Gasteiger partial charge in [0, 0.05) is 44.9 Å². The maximum absolute atomic E-state index is 13.0. The molecule has 7 nitrogen and oxygen atoms in total. The maximum Gasteiger partial charge on any atom is 0.318 e. The van der Waals surface area contributed by atoms with E-state index in [1.165, 1.54) is 6.42 Å². The van der Waals surface area contributed by atoms with E-state index >= 15 is 0 Å². The van der Waals surface area contributed by atoms with Gasteiger partial charge in [-0.25, -0.2) is 0 Å². The second-order valence-corrected chi connectivity index (χ2v) is 8.13. The molecule has 0 bridgehead atoms. The largest absolute Gasteiger partial charge is 0.406 e. The Balaban J connectivity index is 1.54. The molecule has 0 unspecified atom stereocenters. The fourth-order valence-corrected chi connectivity index (χ4v) is 3.78. The average molecular weight is 420 g/mol. The Morgan fingerprint density at radius 3 is 2.42 bits per heavy atom. The van der Waals surface area contributed by atoms with E-state index in [1.807, 2.05) is 73.6 Å². The third-order valence-corrected chi connectivity index (χ3v) is 5.59. The number of carbonyl (C=O) groups is 1. The predicted octanol–water partition coefficient (Wildman–Crippen LogP) is 3.84. The fourth-order valence-electron chi connectivity index (χ4n) is 3.78. The van der Waals surface area contributed by atoms with Gasteiger partial charge in [-0.3, -0.25) is 4.79 Å². The summed E-state index contributed by atoms with van der Waals surface area (Å²) >= 11 is 0. The molecule has 0 radical (unpaired) electrons. The number of hydrogen-bond acceptors (Lipinski definition) is 6. The third kappa shape index (κ3) is 5.23. The van der Waals surface area contributed by atoms with Gasteiger partial charge in [-0.1, -0.05) is 35.4 Å². The third-order valence-electron chi connectivity index (χ3n) is 5.59. The van der Waals surface area contributed by atoms with Crippen molar-refractivity contribution in [2.75, 3.05) is 37.0 Å². The van der Waals surface area contributed by atoms with Crippen LogP contribution in [0.25, 0.3) is 0 Å². The average Bonchev–Trinajstić information content (AvgIpc) is 3.30. The number of amides is 1. The number of aromatic nitrogens is 2. The van der Waals surface area contributed by atoms with E-state index in [4.69, 9.17) is 4.42 Å². The molecule has 31 heavy (non-hydrogen) atoms. The smallest absolute Gasteiger partial charge is 0.318 e. The van der Waals surface area contributed by atoms with E-state index in [2.05, 4.69) is 20.4 Å². The first-order chi connectivity index (χ1) is 15.1. The van der Waals surface area contributed by atoms with Gasteiger partial charge in [0.1, 0.15) is 6.04 Å². The minimum Gasteiger partial charge on any atom is -0.406 e. The van der Waals surface area contributed by atoms with Crippen molar-refractivity contribution in [3.05, 3.63) is 71.6 Å². The van der Waals surface area contributed by atoms with Crippen molar-refractivity contribution in [3.8, 4) is 0 Å². The van der Waals surface area contributed by atoms with Crippen LogP contribution in [0.3, 0.4) is 0 Å². The van der Waals surface area contributed by atoms with Gasteiger partial charge in [0.05, 0.1) is 0 Å². The standard InChI is InChI=1S/C24H29N5O2/c1-28(2)20-13-11-19(12-14-20)22(30)25-21(17-18-9-5-3-6-10-18)23-26-27-24(31-23)29-15-7-4-8-16-29/h3,5-6,9-14,21H,4,7-8,15-17H2,1-2H3,(H,25,30)/t21-/m0/s1. The van der Waals surface area contributed by atoms with Gasteiger partial charge in [0.25, 0.3) is 5.91 Å². The molecule has 2 heterocycles. The molecule has 1 aliphatic heterocycles. The highest BCUT2D eigenvalue weighted by atomic mass is 16.4. The molecule has 1 saturated heterocycles. The van der Waals surface area contributed by atoms with E-state index in [-0.39, 0.29) is 5.91 Å². The van der Waals surface area contributed by atoms with Crippen LogP contribution in [-0.2, 0) is 6.42 Å². The van der Waals surface area contributed by atoms with Crippen LogP contribution in [0.2, 0.25) is 0 Å². The van der Waals surface area contributed by atoms with Crippen molar-refractivity contribution >= 4 is 17.6 Å². The number of nitrogens with zero attached hydrogens (tertiary/aromatic N) is 4. The maximum atomic E-state index is 13.0. The zero-order valence-corrected chi connectivity index (χ0v) is 18.1. The van der Waals surface area contributed by atoms with E-state index in [0.717, 1.165) is 37.2 Å². The molecule has 7 heteroatoms. The summed E-state index contributed by atoms with van der Waals surface area (Å²) in [5.41, 5.74) is 2.73. The Morgan fingerprint density at radius 2 is 1.74 bits per heavy atom. The Labute approximate surface area is 183 Å². The molecule has 0 aliphatic carbocycles. The predicted molar refractivity (Wildman–Crippen MR) is 121 cm³/mol. The van der Waals surface area contributed by atoms with E-state index in [1.54, 1.807) is 0 Å². The van der Waals surface area contributed by atoms with E-state index in [0.29, 0.717) is 23.9 Å². The van der Waals surface area contributed by atoms with Gasteiger partial charge in [-0.2, -0.15) is 0 Å². The highest BCUT2D eigenvalue weighted by molar-refractivity contribution is 5.94. The molecule has 1 N–H and O–H groups in total. The molecular formula is C24H29N5O2. The van der Waals surface area contributed by atoms with Gasteiger partial charge >= 0.3 is 6.01 Å². The number of benzene rings is 2. The van der Waals surface area contributed by atoms with Gasteiger partial charge in [0.15, 0.2) is 0 Å². The SMILES string of the molecule is CN(C)c1ccc(C(=O)N[C@@H](Cc2ccccc2)c2nnc(N3CCCCC3)o2)cc1. The summed E-state index contributed by atoms with van der Waals surface area (Å²) in [5.74, 6) is 0.270. The lowest BCUT2D eigenvalue weighted by atomic mass is 10.1. The van der Waals surface area contributed by atoms with Crippen LogP contribution in [0.5, 0.6) is 0 Å². The lowest BCUT2D eigenvalue weighted by Gasteiger charge is -2.24. The molecule has 1 aliphatic rings. The van der Waals surface area contributed by atoms with Crippen LogP contribution in [0, 0.1) is 0 Å². The van der Waals surface area contributed by atoms with Crippen molar-refractivity contribution < 1.29 is 9.21 Å². The van der Waals surface area contributed by atoms with E-state index < -0.39 is 6.04 Å². The van der Waals surface area contributed by atoms with Crippen LogP contribution >= 0.6 is 0 Å². The summed E-state index contributed by atoms with van der Waals surface area (Å²) in [7, 11) is 3.95. The zero-order chi connectivity index (χ0) is 21.6. The molecule has 2 aromatic carbocycles. The Kier molecular flexibility index (Phi) is 6.50. The topological polar surface area (TPSA) is 74.5 Å². The van der Waals surface area contributed by atoms with Crippen LogP contribution in [0.1, 0.15) is 47.1 Å². The normalized spacial score (nSPS) is 14.8. The lowest BCUT2D eigenvalue weighted by Crippen LogP contribution is -2.30. The Morgan fingerprint density at radius 1 is 1.03 bits per heavy atom.